The van der Waals surface area contributed by atoms with Gasteiger partial charge in [-0.3, -0.25) is 0 Å². The van der Waals surface area contributed by atoms with Crippen LogP contribution in [-0.4, -0.2) is 16.6 Å². The van der Waals surface area contributed by atoms with Gasteiger partial charge in [-0.1, -0.05) is 12.1 Å². The van der Waals surface area contributed by atoms with E-state index in [1.54, 1.807) is 12.3 Å². The van der Waals surface area contributed by atoms with Crippen LogP contribution in [0.4, 0.5) is 10.1 Å². The minimum atomic E-state index is -0.258. The van der Waals surface area contributed by atoms with Gasteiger partial charge in [-0.15, -0.1) is 0 Å². The Morgan fingerprint density at radius 3 is 2.79 bits per heavy atom. The van der Waals surface area contributed by atoms with Gasteiger partial charge in [0.25, 0.3) is 0 Å². The van der Waals surface area contributed by atoms with Gasteiger partial charge in [-0.2, -0.15) is 0 Å². The number of benzene rings is 1. The number of hydrogen-bond acceptors (Lipinski definition) is 3. The SMILES string of the molecule is C[C@H](N)c1cccc(F)c1N(C)Cc1nccn1C. The van der Waals surface area contributed by atoms with E-state index in [9.17, 15) is 4.39 Å². The van der Waals surface area contributed by atoms with Crippen molar-refractivity contribution in [3.8, 4) is 0 Å². The van der Waals surface area contributed by atoms with E-state index in [0.717, 1.165) is 11.4 Å². The fourth-order valence-corrected chi connectivity index (χ4v) is 2.14. The molecule has 0 bridgehead atoms. The zero-order valence-corrected chi connectivity index (χ0v) is 11.5. The second kappa shape index (κ2) is 5.40. The van der Waals surface area contributed by atoms with E-state index in [1.807, 2.05) is 42.7 Å². The first-order valence-corrected chi connectivity index (χ1v) is 6.22. The van der Waals surface area contributed by atoms with Crippen molar-refractivity contribution in [2.75, 3.05) is 11.9 Å². The highest BCUT2D eigenvalue weighted by atomic mass is 19.1. The summed E-state index contributed by atoms with van der Waals surface area (Å²) in [7, 11) is 3.77. The number of nitrogens with two attached hydrogens (primary N) is 1. The molecule has 0 fully saturated rings. The second-order valence-corrected chi connectivity index (χ2v) is 4.78. The molecule has 4 nitrogen and oxygen atoms in total. The van der Waals surface area contributed by atoms with Gasteiger partial charge < -0.3 is 15.2 Å². The average molecular weight is 262 g/mol. The summed E-state index contributed by atoms with van der Waals surface area (Å²) in [6.07, 6.45) is 3.61. The van der Waals surface area contributed by atoms with Gasteiger partial charge >= 0.3 is 0 Å². The highest BCUT2D eigenvalue weighted by Crippen LogP contribution is 2.28. The Kier molecular flexibility index (Phi) is 3.85. The first-order valence-electron chi connectivity index (χ1n) is 6.22. The molecular formula is C14H19FN4. The van der Waals surface area contributed by atoms with Crippen molar-refractivity contribution in [2.24, 2.45) is 12.8 Å². The van der Waals surface area contributed by atoms with Gasteiger partial charge in [-0.25, -0.2) is 9.37 Å². The van der Waals surface area contributed by atoms with Crippen LogP contribution >= 0.6 is 0 Å². The summed E-state index contributed by atoms with van der Waals surface area (Å²) in [4.78, 5) is 6.10. The number of imidazole rings is 1. The molecule has 0 amide bonds. The van der Waals surface area contributed by atoms with Crippen molar-refractivity contribution in [1.29, 1.82) is 0 Å². The molecule has 1 heterocycles. The highest BCUT2D eigenvalue weighted by molar-refractivity contribution is 5.55. The van der Waals surface area contributed by atoms with E-state index in [2.05, 4.69) is 4.98 Å². The number of hydrogen-bond donors (Lipinski definition) is 1. The Morgan fingerprint density at radius 1 is 1.47 bits per heavy atom. The van der Waals surface area contributed by atoms with E-state index in [0.29, 0.717) is 12.2 Å². The first-order chi connectivity index (χ1) is 9.00. The fraction of sp³-hybridized carbons (Fsp3) is 0.357. The number of aryl methyl sites for hydroxylation is 1. The predicted molar refractivity (Wildman–Crippen MR) is 74.3 cm³/mol. The second-order valence-electron chi connectivity index (χ2n) is 4.78. The molecule has 0 aliphatic carbocycles. The molecule has 1 aromatic heterocycles. The van der Waals surface area contributed by atoms with Crippen molar-refractivity contribution < 1.29 is 4.39 Å². The zero-order valence-electron chi connectivity index (χ0n) is 11.5. The number of rotatable bonds is 4. The quantitative estimate of drug-likeness (QED) is 0.919. The fourth-order valence-electron chi connectivity index (χ4n) is 2.14. The summed E-state index contributed by atoms with van der Waals surface area (Å²) in [5.41, 5.74) is 7.25. The van der Waals surface area contributed by atoms with Crippen molar-refractivity contribution in [1.82, 2.24) is 9.55 Å². The lowest BCUT2D eigenvalue weighted by atomic mass is 10.1. The molecule has 0 saturated heterocycles. The topological polar surface area (TPSA) is 47.1 Å². The van der Waals surface area contributed by atoms with Crippen LogP contribution in [0.25, 0.3) is 0 Å². The van der Waals surface area contributed by atoms with Crippen LogP contribution in [0, 0.1) is 5.82 Å². The Hall–Kier alpha value is -1.88. The molecule has 19 heavy (non-hydrogen) atoms. The third kappa shape index (κ3) is 2.76. The van der Waals surface area contributed by atoms with Gasteiger partial charge in [0.05, 0.1) is 12.2 Å². The summed E-state index contributed by atoms with van der Waals surface area (Å²) >= 11 is 0. The Balaban J connectivity index is 2.33. The standard InChI is InChI=1S/C14H19FN4/c1-10(16)11-5-4-6-12(15)14(11)19(3)9-13-17-7-8-18(13)2/h4-8,10H,9,16H2,1-3H3/t10-/m0/s1. The number of nitrogens with zero attached hydrogens (tertiary/aromatic N) is 3. The van der Waals surface area contributed by atoms with Gasteiger partial charge in [0, 0.05) is 32.5 Å². The predicted octanol–water partition coefficient (Wildman–Crippen LogP) is 2.22. The Bertz CT molecular complexity index is 562. The summed E-state index contributed by atoms with van der Waals surface area (Å²) in [5.74, 6) is 0.618. The average Bonchev–Trinajstić information content (AvgIpc) is 2.74. The number of aromatic nitrogens is 2. The summed E-state index contributed by atoms with van der Waals surface area (Å²) in [6.45, 7) is 2.39. The molecular weight excluding hydrogens is 243 g/mol. The summed E-state index contributed by atoms with van der Waals surface area (Å²) in [6, 6.07) is 4.79. The lowest BCUT2D eigenvalue weighted by molar-refractivity contribution is 0.613. The van der Waals surface area contributed by atoms with E-state index >= 15 is 0 Å². The van der Waals surface area contributed by atoms with Crippen LogP contribution in [0.5, 0.6) is 0 Å². The van der Waals surface area contributed by atoms with Gasteiger partial charge in [0.15, 0.2) is 0 Å². The monoisotopic (exact) mass is 262 g/mol. The molecule has 0 aliphatic heterocycles. The molecule has 0 aliphatic rings. The molecule has 0 radical (unpaired) electrons. The molecule has 102 valence electrons. The zero-order chi connectivity index (χ0) is 14.0. The molecule has 1 atom stereocenters. The molecule has 0 unspecified atom stereocenters. The normalized spacial score (nSPS) is 12.5. The maximum atomic E-state index is 14.1. The summed E-state index contributed by atoms with van der Waals surface area (Å²) in [5, 5.41) is 0. The van der Waals surface area contributed by atoms with Gasteiger partial charge in [0.2, 0.25) is 0 Å². The van der Waals surface area contributed by atoms with Crippen LogP contribution in [0.15, 0.2) is 30.6 Å². The van der Waals surface area contributed by atoms with E-state index in [4.69, 9.17) is 5.73 Å². The molecule has 2 rings (SSSR count). The Labute approximate surface area is 112 Å². The van der Waals surface area contributed by atoms with Crippen molar-refractivity contribution in [3.05, 3.63) is 47.8 Å². The smallest absolute Gasteiger partial charge is 0.146 e. The highest BCUT2D eigenvalue weighted by Gasteiger charge is 2.16. The third-order valence-corrected chi connectivity index (χ3v) is 3.19. The van der Waals surface area contributed by atoms with E-state index in [1.165, 1.54) is 6.07 Å². The van der Waals surface area contributed by atoms with Crippen molar-refractivity contribution >= 4 is 5.69 Å². The maximum Gasteiger partial charge on any atom is 0.146 e. The molecule has 2 N–H and O–H groups in total. The largest absolute Gasteiger partial charge is 0.364 e. The van der Waals surface area contributed by atoms with E-state index in [-0.39, 0.29) is 11.9 Å². The van der Waals surface area contributed by atoms with Crippen molar-refractivity contribution in [2.45, 2.75) is 19.5 Å². The molecule has 0 saturated carbocycles. The minimum Gasteiger partial charge on any atom is -0.364 e. The minimum absolute atomic E-state index is 0.213. The Morgan fingerprint density at radius 2 is 2.21 bits per heavy atom. The number of para-hydroxylation sites is 1. The number of anilines is 1. The van der Waals surface area contributed by atoms with Crippen molar-refractivity contribution in [3.63, 3.8) is 0 Å². The van der Waals surface area contributed by atoms with Crippen LogP contribution in [0.1, 0.15) is 24.4 Å². The molecule has 5 heteroatoms. The molecule has 0 spiro atoms. The van der Waals surface area contributed by atoms with Crippen LogP contribution in [0.2, 0.25) is 0 Å². The van der Waals surface area contributed by atoms with Crippen LogP contribution in [0.3, 0.4) is 0 Å². The van der Waals surface area contributed by atoms with Crippen LogP contribution in [-0.2, 0) is 13.6 Å². The van der Waals surface area contributed by atoms with Crippen LogP contribution < -0.4 is 10.6 Å². The van der Waals surface area contributed by atoms with Gasteiger partial charge in [-0.05, 0) is 18.6 Å². The lowest BCUT2D eigenvalue weighted by Crippen LogP contribution is -2.23. The van der Waals surface area contributed by atoms with Gasteiger partial charge in [0.1, 0.15) is 11.6 Å². The first kappa shape index (κ1) is 13.5. The van der Waals surface area contributed by atoms with E-state index < -0.39 is 0 Å². The lowest BCUT2D eigenvalue weighted by Gasteiger charge is -2.24. The third-order valence-electron chi connectivity index (χ3n) is 3.19. The summed E-state index contributed by atoms with van der Waals surface area (Å²) < 4.78 is 16.0. The number of halogens is 1. The maximum absolute atomic E-state index is 14.1. The molecule has 1 aromatic carbocycles. The molecule has 2 aromatic rings.